The molecule has 0 saturated carbocycles. The van der Waals surface area contributed by atoms with E-state index < -0.39 is 0 Å². The third kappa shape index (κ3) is 13.1. The van der Waals surface area contributed by atoms with Gasteiger partial charge < -0.3 is 49.7 Å². The quantitative estimate of drug-likeness (QED) is 0.0278. The summed E-state index contributed by atoms with van der Waals surface area (Å²) in [5.41, 5.74) is 6.03. The summed E-state index contributed by atoms with van der Waals surface area (Å²) in [6.07, 6.45) is 5.54. The summed E-state index contributed by atoms with van der Waals surface area (Å²) in [7, 11) is 6.50. The number of carbonyl (C=O) groups excluding carboxylic acids is 2. The molecule has 6 aromatic carbocycles. The number of hydrogen-bond acceptors (Lipinski definition) is 12. The fourth-order valence-electron chi connectivity index (χ4n) is 6.59. The fraction of sp³-hybridized carbons (Fsp3) is 0.240. The number of para-hydroxylation sites is 2. The van der Waals surface area contributed by atoms with Crippen LogP contribution >= 0.6 is 0 Å². The van der Waals surface area contributed by atoms with Gasteiger partial charge in [-0.25, -0.2) is 0 Å². The van der Waals surface area contributed by atoms with Crippen LogP contribution in [0, 0.1) is 0 Å². The topological polar surface area (TPSA) is 138 Å². The largest absolute Gasteiger partial charge is 0.497 e. The number of methoxy groups -OCH3 is 4. The highest BCUT2D eigenvalue weighted by Crippen LogP contribution is 2.39. The zero-order valence-corrected chi connectivity index (χ0v) is 35.6. The average molecular weight is 839 g/mol. The lowest BCUT2D eigenvalue weighted by Gasteiger charge is -2.18. The molecule has 62 heavy (non-hydrogen) atoms. The van der Waals surface area contributed by atoms with Crippen LogP contribution in [-0.2, 0) is 9.59 Å². The second-order valence-electron chi connectivity index (χ2n) is 14.3. The molecule has 0 aliphatic carbocycles. The third-order valence-corrected chi connectivity index (χ3v) is 9.97. The van der Waals surface area contributed by atoms with Crippen molar-refractivity contribution in [2.75, 3.05) is 49.7 Å². The summed E-state index contributed by atoms with van der Waals surface area (Å²) in [6, 6.07) is 41.3. The Kier molecular flexibility index (Phi) is 16.3. The molecule has 12 heteroatoms. The predicted octanol–water partition coefficient (Wildman–Crippen LogP) is 12.3. The standard InChI is InChI=1S/C50H54N4O8/c1-57-39-27-19-35(20-28-39)51-43-13-11-15-45(49(43)53-37-23-31-41(59-3)32-24-37)61-47(55)17-9-7-5-6-8-10-18-48(56)62-46-16-12-14-44(52-36-21-29-40(58-2)30-22-36)50(46)54-38-25-33-42(60-4)34-26-38/h11-16,19-34,51-54H,5-10,17-18H2,1-4H3. The predicted molar refractivity (Wildman–Crippen MR) is 246 cm³/mol. The minimum absolute atomic E-state index is 0.281. The number of hydrogen-bond donors (Lipinski definition) is 4. The van der Waals surface area contributed by atoms with Crippen molar-refractivity contribution in [2.45, 2.75) is 51.4 Å². The van der Waals surface area contributed by atoms with Crippen molar-refractivity contribution in [3.8, 4) is 34.5 Å². The van der Waals surface area contributed by atoms with Gasteiger partial charge in [0.2, 0.25) is 0 Å². The van der Waals surface area contributed by atoms with Crippen LogP contribution in [0.2, 0.25) is 0 Å². The minimum atomic E-state index is -0.309. The summed E-state index contributed by atoms with van der Waals surface area (Å²) in [6.45, 7) is 0. The number of ether oxygens (including phenoxy) is 6. The Morgan fingerprint density at radius 1 is 0.371 bits per heavy atom. The van der Waals surface area contributed by atoms with Gasteiger partial charge in [0.05, 0.1) is 39.8 Å². The molecule has 6 rings (SSSR count). The summed E-state index contributed by atoms with van der Waals surface area (Å²) in [4.78, 5) is 26.2. The van der Waals surface area contributed by atoms with Gasteiger partial charge >= 0.3 is 11.9 Å². The second-order valence-corrected chi connectivity index (χ2v) is 14.3. The van der Waals surface area contributed by atoms with Gasteiger partial charge in [-0.3, -0.25) is 9.59 Å². The van der Waals surface area contributed by atoms with Crippen LogP contribution in [-0.4, -0.2) is 40.4 Å². The van der Waals surface area contributed by atoms with Gasteiger partial charge in [-0.05, 0) is 134 Å². The highest BCUT2D eigenvalue weighted by molar-refractivity contribution is 5.87. The van der Waals surface area contributed by atoms with Crippen LogP contribution in [0.15, 0.2) is 133 Å². The fourth-order valence-corrected chi connectivity index (χ4v) is 6.59. The zero-order chi connectivity index (χ0) is 43.5. The van der Waals surface area contributed by atoms with Crippen LogP contribution in [0.4, 0.5) is 45.5 Å². The van der Waals surface area contributed by atoms with E-state index in [0.29, 0.717) is 35.7 Å². The lowest BCUT2D eigenvalue weighted by molar-refractivity contribution is -0.135. The maximum atomic E-state index is 13.1. The molecule has 0 atom stereocenters. The van der Waals surface area contributed by atoms with E-state index in [-0.39, 0.29) is 24.8 Å². The van der Waals surface area contributed by atoms with Crippen LogP contribution in [0.1, 0.15) is 51.4 Å². The molecule has 0 heterocycles. The molecule has 12 nitrogen and oxygen atoms in total. The molecule has 0 unspecified atom stereocenters. The summed E-state index contributed by atoms with van der Waals surface area (Å²) in [5, 5.41) is 13.7. The van der Waals surface area contributed by atoms with Gasteiger partial charge in [-0.1, -0.05) is 37.8 Å². The van der Waals surface area contributed by atoms with Crippen molar-refractivity contribution in [1.29, 1.82) is 0 Å². The molecule has 0 aromatic heterocycles. The smallest absolute Gasteiger partial charge is 0.311 e. The molecule has 0 fully saturated rings. The van der Waals surface area contributed by atoms with Gasteiger partial charge in [0.25, 0.3) is 0 Å². The molecule has 0 bridgehead atoms. The number of esters is 2. The number of nitrogens with one attached hydrogen (secondary N) is 4. The molecule has 0 amide bonds. The van der Waals surface area contributed by atoms with Crippen LogP contribution in [0.3, 0.4) is 0 Å². The molecule has 0 aliphatic heterocycles. The Balaban J connectivity index is 0.974. The molecule has 4 N–H and O–H groups in total. The normalized spacial score (nSPS) is 10.6. The second kappa shape index (κ2) is 22.9. The van der Waals surface area contributed by atoms with Gasteiger partial charge in [0.15, 0.2) is 11.5 Å². The van der Waals surface area contributed by atoms with Crippen molar-refractivity contribution < 1.29 is 38.0 Å². The summed E-state index contributed by atoms with van der Waals surface area (Å²) >= 11 is 0. The average Bonchev–Trinajstić information content (AvgIpc) is 3.30. The number of carbonyl (C=O) groups is 2. The maximum absolute atomic E-state index is 13.1. The van der Waals surface area contributed by atoms with E-state index in [9.17, 15) is 9.59 Å². The lowest BCUT2D eigenvalue weighted by Crippen LogP contribution is -2.10. The zero-order valence-electron chi connectivity index (χ0n) is 35.6. The van der Waals surface area contributed by atoms with E-state index in [1.165, 1.54) is 0 Å². The Morgan fingerprint density at radius 2 is 0.661 bits per heavy atom. The molecule has 0 aliphatic rings. The van der Waals surface area contributed by atoms with E-state index in [1.54, 1.807) is 40.6 Å². The van der Waals surface area contributed by atoms with Gasteiger partial charge in [0.1, 0.15) is 34.4 Å². The van der Waals surface area contributed by atoms with E-state index in [0.717, 1.165) is 82.8 Å². The monoisotopic (exact) mass is 838 g/mol. The van der Waals surface area contributed by atoms with Crippen molar-refractivity contribution in [3.05, 3.63) is 133 Å². The molecular weight excluding hydrogens is 785 g/mol. The molecular formula is C50H54N4O8. The maximum Gasteiger partial charge on any atom is 0.311 e. The first kappa shape index (κ1) is 44.2. The van der Waals surface area contributed by atoms with Gasteiger partial charge in [0, 0.05) is 35.6 Å². The highest BCUT2D eigenvalue weighted by Gasteiger charge is 2.17. The first-order valence-electron chi connectivity index (χ1n) is 20.7. The molecule has 0 spiro atoms. The van der Waals surface area contributed by atoms with E-state index in [2.05, 4.69) is 21.3 Å². The molecule has 0 radical (unpaired) electrons. The van der Waals surface area contributed by atoms with Crippen molar-refractivity contribution in [1.82, 2.24) is 0 Å². The SMILES string of the molecule is COc1ccc(Nc2cccc(OC(=O)CCCCCCCCC(=O)Oc3cccc(Nc4ccc(OC)cc4)c3Nc3ccc(OC)cc3)c2Nc2ccc(OC)cc2)cc1. The van der Waals surface area contributed by atoms with Crippen LogP contribution < -0.4 is 49.7 Å². The Bertz CT molecular complexity index is 2170. The lowest BCUT2D eigenvalue weighted by atomic mass is 10.1. The van der Waals surface area contributed by atoms with Gasteiger partial charge in [-0.2, -0.15) is 0 Å². The number of unbranched alkanes of at least 4 members (excludes halogenated alkanes) is 5. The molecule has 6 aromatic rings. The van der Waals surface area contributed by atoms with E-state index >= 15 is 0 Å². The van der Waals surface area contributed by atoms with Gasteiger partial charge in [-0.15, -0.1) is 0 Å². The minimum Gasteiger partial charge on any atom is -0.497 e. The molecule has 0 saturated heterocycles. The van der Waals surface area contributed by atoms with Crippen molar-refractivity contribution in [2.24, 2.45) is 0 Å². The first-order chi connectivity index (χ1) is 30.3. The van der Waals surface area contributed by atoms with Crippen molar-refractivity contribution in [3.63, 3.8) is 0 Å². The van der Waals surface area contributed by atoms with Crippen molar-refractivity contribution >= 4 is 57.4 Å². The number of benzene rings is 6. The Morgan fingerprint density at radius 3 is 0.968 bits per heavy atom. The van der Waals surface area contributed by atoms with Crippen LogP contribution in [0.25, 0.3) is 0 Å². The van der Waals surface area contributed by atoms with E-state index in [1.807, 2.05) is 121 Å². The first-order valence-corrected chi connectivity index (χ1v) is 20.7. The Labute approximate surface area is 363 Å². The Hall–Kier alpha value is -7.34. The van der Waals surface area contributed by atoms with Crippen LogP contribution in [0.5, 0.6) is 34.5 Å². The summed E-state index contributed by atoms with van der Waals surface area (Å²) < 4.78 is 33.1. The third-order valence-electron chi connectivity index (χ3n) is 9.97. The summed E-state index contributed by atoms with van der Waals surface area (Å²) in [5.74, 6) is 3.19. The van der Waals surface area contributed by atoms with E-state index in [4.69, 9.17) is 28.4 Å². The number of rotatable bonds is 23. The number of anilines is 8. The highest BCUT2D eigenvalue weighted by atomic mass is 16.5. The molecule has 322 valence electrons.